The molecular weight excluding hydrogens is 452 g/mol. The van der Waals surface area contributed by atoms with Crippen molar-refractivity contribution in [1.29, 1.82) is 0 Å². The van der Waals surface area contributed by atoms with E-state index in [2.05, 4.69) is 0 Å². The molecule has 0 aliphatic heterocycles. The van der Waals surface area contributed by atoms with E-state index in [0.29, 0.717) is 4.90 Å². The highest BCUT2D eigenvalue weighted by atomic mass is 32.3. The van der Waals surface area contributed by atoms with Crippen molar-refractivity contribution < 1.29 is 17.2 Å². The molecule has 170 valence electrons. The van der Waals surface area contributed by atoms with Crippen LogP contribution in [0, 0.1) is 20.8 Å². The van der Waals surface area contributed by atoms with Crippen molar-refractivity contribution in [2.24, 2.45) is 0 Å². The monoisotopic (exact) mass is 478 g/mol. The molecule has 0 atom stereocenters. The van der Waals surface area contributed by atoms with Crippen LogP contribution < -0.4 is 0 Å². The zero-order valence-corrected chi connectivity index (χ0v) is 20.4. The van der Waals surface area contributed by atoms with E-state index in [1.165, 1.54) is 0 Å². The van der Waals surface area contributed by atoms with Gasteiger partial charge >= 0.3 is 10.1 Å². The van der Waals surface area contributed by atoms with E-state index in [1.54, 1.807) is 48.5 Å². The molecule has 6 heteroatoms. The molecule has 0 fully saturated rings. The van der Waals surface area contributed by atoms with Crippen LogP contribution in [-0.4, -0.2) is 13.5 Å². The minimum Gasteiger partial charge on any atom is -0.508 e. The van der Waals surface area contributed by atoms with Gasteiger partial charge in [-0.15, -0.1) is 0 Å². The summed E-state index contributed by atoms with van der Waals surface area (Å²) in [5.74, 6) is 0.0984. The average Bonchev–Trinajstić information content (AvgIpc) is 2.79. The summed E-state index contributed by atoms with van der Waals surface area (Å²) >= 11 is 0. The molecule has 0 aromatic heterocycles. The molecule has 0 unspecified atom stereocenters. The molecule has 0 amide bonds. The van der Waals surface area contributed by atoms with Crippen molar-refractivity contribution >= 4 is 20.4 Å². The predicted molar refractivity (Wildman–Crippen MR) is 132 cm³/mol. The lowest BCUT2D eigenvalue weighted by molar-refractivity contribution is 0.474. The minimum absolute atomic E-state index is 0.0984. The number of aromatic hydroxyl groups is 1. The molecule has 4 aromatic rings. The van der Waals surface area contributed by atoms with Crippen molar-refractivity contribution in [2.75, 3.05) is 0 Å². The SMILES string of the molecule is Cc1ccc(S(OS(=O)(=O)c2ccc(C)cc2)(c2ccc(C)cc2)c2ccc(O)cc2)cc1. The second kappa shape index (κ2) is 9.06. The average molecular weight is 479 g/mol. The second-order valence-electron chi connectivity index (χ2n) is 8.01. The van der Waals surface area contributed by atoms with Crippen molar-refractivity contribution in [3.8, 4) is 5.75 Å². The Bertz CT molecular complexity index is 1230. The number of phenolic OH excluding ortho intramolecular Hbond substituents is 1. The lowest BCUT2D eigenvalue weighted by Gasteiger charge is -2.39. The van der Waals surface area contributed by atoms with Crippen molar-refractivity contribution in [2.45, 2.75) is 40.4 Å². The summed E-state index contributed by atoms with van der Waals surface area (Å²) in [6.07, 6.45) is 0. The summed E-state index contributed by atoms with van der Waals surface area (Å²) in [6.45, 7) is 5.87. The zero-order chi connectivity index (χ0) is 23.6. The Kier molecular flexibility index (Phi) is 6.34. The number of rotatable bonds is 6. The number of hydrogen-bond donors (Lipinski definition) is 1. The Hall–Kier alpha value is -3.06. The molecule has 0 bridgehead atoms. The fourth-order valence-corrected chi connectivity index (χ4v) is 8.68. The van der Waals surface area contributed by atoms with Crippen LogP contribution in [0.15, 0.2) is 117 Å². The van der Waals surface area contributed by atoms with Gasteiger partial charge in [0.05, 0.1) is 4.90 Å². The number of phenols is 1. The van der Waals surface area contributed by atoms with E-state index < -0.39 is 20.4 Å². The topological polar surface area (TPSA) is 63.6 Å². The summed E-state index contributed by atoms with van der Waals surface area (Å²) in [7, 11) is -6.83. The molecule has 4 aromatic carbocycles. The molecule has 4 rings (SSSR count). The molecule has 0 saturated carbocycles. The first-order chi connectivity index (χ1) is 15.7. The van der Waals surface area contributed by atoms with Gasteiger partial charge < -0.3 is 5.11 Å². The smallest absolute Gasteiger partial charge is 0.307 e. The standard InChI is InChI=1S/C27H26O4S2/c1-20-4-12-24(13-5-20)32(25-14-6-21(2)7-15-25,26-18-10-23(28)11-19-26)31-33(29,30)27-16-8-22(3)9-17-27/h4-19,28H,1-3H3. The lowest BCUT2D eigenvalue weighted by Crippen LogP contribution is -2.14. The second-order valence-corrected chi connectivity index (χ2v) is 12.5. The predicted octanol–water partition coefficient (Wildman–Crippen LogP) is 6.92. The van der Waals surface area contributed by atoms with E-state index in [0.717, 1.165) is 26.5 Å². The molecule has 1 N–H and O–H groups in total. The first kappa shape index (κ1) is 23.1. The Balaban J connectivity index is 2.02. The summed E-state index contributed by atoms with van der Waals surface area (Å²) in [5.41, 5.74) is 3.08. The molecule has 0 aliphatic rings. The molecule has 0 radical (unpaired) electrons. The maximum absolute atomic E-state index is 13.6. The molecule has 0 saturated heterocycles. The molecule has 0 aliphatic carbocycles. The van der Waals surface area contributed by atoms with Crippen molar-refractivity contribution in [1.82, 2.24) is 0 Å². The van der Waals surface area contributed by atoms with Crippen LogP contribution in [0.2, 0.25) is 0 Å². The van der Waals surface area contributed by atoms with Gasteiger partial charge in [0, 0.05) is 14.7 Å². The Morgan fingerprint density at radius 3 is 1.18 bits per heavy atom. The van der Waals surface area contributed by atoms with E-state index in [9.17, 15) is 13.5 Å². The maximum Gasteiger partial charge on any atom is 0.307 e. The van der Waals surface area contributed by atoms with Gasteiger partial charge in [0.15, 0.2) is 0 Å². The first-order valence-corrected chi connectivity index (χ1v) is 13.5. The fraction of sp³-hybridized carbons (Fsp3) is 0.111. The zero-order valence-electron chi connectivity index (χ0n) is 18.7. The Morgan fingerprint density at radius 2 is 0.818 bits per heavy atom. The molecule has 0 spiro atoms. The third-order valence-corrected chi connectivity index (χ3v) is 10.6. The number of aryl methyl sites for hydroxylation is 3. The van der Waals surface area contributed by atoms with Gasteiger partial charge in [-0.05, 0) is 91.7 Å². The van der Waals surface area contributed by atoms with E-state index in [4.69, 9.17) is 3.63 Å². The third kappa shape index (κ3) is 4.69. The first-order valence-electron chi connectivity index (χ1n) is 10.5. The van der Waals surface area contributed by atoms with Gasteiger partial charge in [-0.1, -0.05) is 53.1 Å². The van der Waals surface area contributed by atoms with Crippen LogP contribution in [0.1, 0.15) is 16.7 Å². The summed E-state index contributed by atoms with van der Waals surface area (Å²) < 4.78 is 33.6. The van der Waals surface area contributed by atoms with Gasteiger partial charge in [-0.25, -0.2) is 3.63 Å². The van der Waals surface area contributed by atoms with E-state index >= 15 is 0 Å². The van der Waals surface area contributed by atoms with Crippen LogP contribution in [0.5, 0.6) is 5.75 Å². The fourth-order valence-electron chi connectivity index (χ4n) is 3.50. The van der Waals surface area contributed by atoms with Gasteiger partial charge in [-0.2, -0.15) is 8.42 Å². The van der Waals surface area contributed by atoms with Crippen LogP contribution in [0.4, 0.5) is 0 Å². The van der Waals surface area contributed by atoms with Crippen LogP contribution in [-0.2, 0) is 13.7 Å². The quantitative estimate of drug-likeness (QED) is 0.327. The highest BCUT2D eigenvalue weighted by Gasteiger charge is 2.38. The highest BCUT2D eigenvalue weighted by molar-refractivity contribution is 8.33. The largest absolute Gasteiger partial charge is 0.508 e. The molecule has 4 nitrogen and oxygen atoms in total. The van der Waals surface area contributed by atoms with E-state index in [-0.39, 0.29) is 10.6 Å². The van der Waals surface area contributed by atoms with Gasteiger partial charge in [0.2, 0.25) is 0 Å². The third-order valence-electron chi connectivity index (χ3n) is 5.38. The Labute approximate surface area is 197 Å². The minimum atomic E-state index is -4.13. The van der Waals surface area contributed by atoms with Gasteiger partial charge in [0.1, 0.15) is 5.75 Å². The van der Waals surface area contributed by atoms with Gasteiger partial charge in [-0.3, -0.25) is 0 Å². The molecule has 33 heavy (non-hydrogen) atoms. The molecular formula is C27H26O4S2. The summed E-state index contributed by atoms with van der Waals surface area (Å²) in [5, 5.41) is 9.92. The summed E-state index contributed by atoms with van der Waals surface area (Å²) in [4.78, 5) is 2.27. The van der Waals surface area contributed by atoms with Crippen LogP contribution in [0.3, 0.4) is 0 Å². The summed E-state index contributed by atoms with van der Waals surface area (Å²) in [6, 6.07) is 28.7. The number of benzene rings is 4. The van der Waals surface area contributed by atoms with Crippen LogP contribution >= 0.6 is 10.3 Å². The Morgan fingerprint density at radius 1 is 0.515 bits per heavy atom. The maximum atomic E-state index is 13.6. The van der Waals surface area contributed by atoms with E-state index in [1.807, 2.05) is 69.3 Å². The molecule has 0 heterocycles. The van der Waals surface area contributed by atoms with Crippen molar-refractivity contribution in [3.05, 3.63) is 114 Å². The normalized spacial score (nSPS) is 12.5. The highest BCUT2D eigenvalue weighted by Crippen LogP contribution is 2.70. The van der Waals surface area contributed by atoms with Gasteiger partial charge in [0.25, 0.3) is 0 Å². The van der Waals surface area contributed by atoms with Crippen molar-refractivity contribution in [3.63, 3.8) is 0 Å². The lowest BCUT2D eigenvalue weighted by atomic mass is 10.2. The number of hydrogen-bond acceptors (Lipinski definition) is 4. The van der Waals surface area contributed by atoms with Crippen LogP contribution in [0.25, 0.3) is 0 Å².